The van der Waals surface area contributed by atoms with Crippen LogP contribution in [0.4, 0.5) is 0 Å². The van der Waals surface area contributed by atoms with Crippen LogP contribution >= 0.6 is 0 Å². The normalized spacial score (nSPS) is 15.1. The molecule has 1 unspecified atom stereocenters. The quantitative estimate of drug-likeness (QED) is 0.687. The number of aromatic nitrogens is 2. The third-order valence-electron chi connectivity index (χ3n) is 4.94. The minimum atomic E-state index is -0.422. The monoisotopic (exact) mass is 361 g/mol. The summed E-state index contributed by atoms with van der Waals surface area (Å²) < 4.78 is 5.97. The molecule has 3 aromatic rings. The van der Waals surface area contributed by atoms with E-state index >= 15 is 0 Å². The highest BCUT2D eigenvalue weighted by Gasteiger charge is 2.26. The Morgan fingerprint density at radius 1 is 1.07 bits per heavy atom. The van der Waals surface area contributed by atoms with Gasteiger partial charge in [-0.3, -0.25) is 9.78 Å². The fraction of sp³-hybridized carbons (Fsp3) is 0.318. The largest absolute Gasteiger partial charge is 0.481 e. The summed E-state index contributed by atoms with van der Waals surface area (Å²) in [6, 6.07) is 15.5. The van der Waals surface area contributed by atoms with Gasteiger partial charge in [0, 0.05) is 18.7 Å². The molecule has 4 rings (SSSR count). The first-order valence-corrected chi connectivity index (χ1v) is 9.52. The zero-order valence-electron chi connectivity index (χ0n) is 15.5. The van der Waals surface area contributed by atoms with Gasteiger partial charge in [-0.25, -0.2) is 4.98 Å². The summed E-state index contributed by atoms with van der Waals surface area (Å²) in [4.78, 5) is 23.6. The minimum Gasteiger partial charge on any atom is -0.481 e. The summed E-state index contributed by atoms with van der Waals surface area (Å²) in [5.74, 6) is 0.798. The molecule has 1 aliphatic rings. The molecule has 1 aromatic heterocycles. The van der Waals surface area contributed by atoms with E-state index in [0.29, 0.717) is 12.2 Å². The predicted octanol–water partition coefficient (Wildman–Crippen LogP) is 4.08. The highest BCUT2D eigenvalue weighted by atomic mass is 16.5. The minimum absolute atomic E-state index is 0.0967. The lowest BCUT2D eigenvalue weighted by molar-refractivity contribution is -0.137. The third kappa shape index (κ3) is 3.77. The van der Waals surface area contributed by atoms with Crippen LogP contribution in [0.1, 0.15) is 26.2 Å². The van der Waals surface area contributed by atoms with E-state index in [-0.39, 0.29) is 5.91 Å². The van der Waals surface area contributed by atoms with Crippen molar-refractivity contribution < 1.29 is 9.53 Å². The van der Waals surface area contributed by atoms with Gasteiger partial charge in [-0.05, 0) is 55.7 Å². The van der Waals surface area contributed by atoms with Crippen LogP contribution < -0.4 is 4.74 Å². The molecule has 0 bridgehead atoms. The Labute approximate surface area is 159 Å². The molecule has 1 amide bonds. The molecule has 1 aliphatic heterocycles. The van der Waals surface area contributed by atoms with Gasteiger partial charge in [0.15, 0.2) is 6.10 Å². The molecule has 2 heterocycles. The maximum atomic E-state index is 12.6. The topological polar surface area (TPSA) is 55.3 Å². The van der Waals surface area contributed by atoms with Crippen molar-refractivity contribution in [3.05, 3.63) is 54.7 Å². The zero-order valence-corrected chi connectivity index (χ0v) is 15.5. The van der Waals surface area contributed by atoms with Crippen molar-refractivity contribution in [1.82, 2.24) is 14.9 Å². The molecule has 1 saturated heterocycles. The summed E-state index contributed by atoms with van der Waals surface area (Å²) in [7, 11) is 0. The number of nitrogens with zero attached hydrogens (tertiary/aromatic N) is 3. The van der Waals surface area contributed by atoms with Gasteiger partial charge in [0.1, 0.15) is 5.75 Å². The van der Waals surface area contributed by atoms with Crippen LogP contribution in [-0.4, -0.2) is 40.0 Å². The number of carbonyl (C=O) groups is 1. The first kappa shape index (κ1) is 17.5. The van der Waals surface area contributed by atoms with Crippen LogP contribution in [0.25, 0.3) is 22.3 Å². The Balaban J connectivity index is 1.49. The Kier molecular flexibility index (Phi) is 5.01. The Morgan fingerprint density at radius 3 is 2.48 bits per heavy atom. The van der Waals surface area contributed by atoms with E-state index in [1.54, 1.807) is 6.20 Å². The lowest BCUT2D eigenvalue weighted by Gasteiger charge is -2.23. The smallest absolute Gasteiger partial charge is 0.263 e. The van der Waals surface area contributed by atoms with Crippen molar-refractivity contribution in [2.45, 2.75) is 32.3 Å². The lowest BCUT2D eigenvalue weighted by Crippen LogP contribution is -2.40. The van der Waals surface area contributed by atoms with Crippen LogP contribution in [0.5, 0.6) is 5.75 Å². The third-order valence-corrected chi connectivity index (χ3v) is 4.94. The predicted molar refractivity (Wildman–Crippen MR) is 105 cm³/mol. The molecular formula is C22H23N3O2. The number of hydrogen-bond acceptors (Lipinski definition) is 4. The summed E-state index contributed by atoms with van der Waals surface area (Å²) in [5, 5.41) is 0. The van der Waals surface area contributed by atoms with E-state index in [1.165, 1.54) is 0 Å². The van der Waals surface area contributed by atoms with Gasteiger partial charge in [0.25, 0.3) is 5.91 Å². The summed E-state index contributed by atoms with van der Waals surface area (Å²) in [6.07, 6.45) is 4.19. The van der Waals surface area contributed by atoms with Crippen LogP contribution in [0, 0.1) is 0 Å². The second-order valence-electron chi connectivity index (χ2n) is 6.82. The van der Waals surface area contributed by atoms with Crippen molar-refractivity contribution >= 4 is 16.9 Å². The number of fused-ring (bicyclic) bond motifs is 1. The molecule has 0 spiro atoms. The van der Waals surface area contributed by atoms with E-state index in [1.807, 2.05) is 60.4 Å². The van der Waals surface area contributed by atoms with Gasteiger partial charge >= 0.3 is 0 Å². The molecule has 1 atom stereocenters. The first-order chi connectivity index (χ1) is 13.2. The maximum absolute atomic E-state index is 12.6. The second-order valence-corrected chi connectivity index (χ2v) is 6.82. The van der Waals surface area contributed by atoms with Gasteiger partial charge in [-0.1, -0.05) is 19.1 Å². The fourth-order valence-electron chi connectivity index (χ4n) is 3.41. The van der Waals surface area contributed by atoms with Crippen molar-refractivity contribution in [1.29, 1.82) is 0 Å². The number of benzene rings is 2. The summed E-state index contributed by atoms with van der Waals surface area (Å²) in [5.41, 5.74) is 3.55. The number of carbonyl (C=O) groups excluding carboxylic acids is 1. The molecule has 0 aliphatic carbocycles. The number of ether oxygens (including phenoxy) is 1. The average molecular weight is 361 g/mol. The number of amides is 1. The van der Waals surface area contributed by atoms with Crippen LogP contribution in [0.3, 0.4) is 0 Å². The van der Waals surface area contributed by atoms with E-state index < -0.39 is 6.10 Å². The molecule has 5 heteroatoms. The first-order valence-electron chi connectivity index (χ1n) is 9.52. The van der Waals surface area contributed by atoms with E-state index in [0.717, 1.165) is 48.2 Å². The molecular weight excluding hydrogens is 338 g/mol. The Morgan fingerprint density at radius 2 is 1.78 bits per heavy atom. The SMILES string of the molecule is CCC(Oc1ccc(-c2cnc3ccccc3n2)cc1)C(=O)N1CCCC1. The average Bonchev–Trinajstić information content (AvgIpc) is 3.26. The number of para-hydroxylation sites is 2. The molecule has 2 aromatic carbocycles. The number of hydrogen-bond donors (Lipinski definition) is 0. The highest BCUT2D eigenvalue weighted by molar-refractivity contribution is 5.81. The molecule has 1 fully saturated rings. The summed E-state index contributed by atoms with van der Waals surface area (Å²) >= 11 is 0. The Hall–Kier alpha value is -2.95. The zero-order chi connectivity index (χ0) is 18.6. The van der Waals surface area contributed by atoms with Gasteiger partial charge in [-0.15, -0.1) is 0 Å². The Bertz CT molecular complexity index is 934. The van der Waals surface area contributed by atoms with Crippen molar-refractivity contribution in [3.63, 3.8) is 0 Å². The van der Waals surface area contributed by atoms with Crippen LogP contribution in [0.2, 0.25) is 0 Å². The highest BCUT2D eigenvalue weighted by Crippen LogP contribution is 2.23. The van der Waals surface area contributed by atoms with Crippen LogP contribution in [-0.2, 0) is 4.79 Å². The molecule has 0 saturated carbocycles. The lowest BCUT2D eigenvalue weighted by atomic mass is 10.1. The van der Waals surface area contributed by atoms with E-state index in [9.17, 15) is 4.79 Å². The van der Waals surface area contributed by atoms with Gasteiger partial charge in [-0.2, -0.15) is 0 Å². The number of likely N-dealkylation sites (tertiary alicyclic amines) is 1. The fourth-order valence-corrected chi connectivity index (χ4v) is 3.41. The van der Waals surface area contributed by atoms with Gasteiger partial charge in [0.2, 0.25) is 0 Å². The van der Waals surface area contributed by atoms with E-state index in [4.69, 9.17) is 4.74 Å². The van der Waals surface area contributed by atoms with Gasteiger partial charge in [0.05, 0.1) is 22.9 Å². The van der Waals surface area contributed by atoms with Crippen molar-refractivity contribution in [2.24, 2.45) is 0 Å². The van der Waals surface area contributed by atoms with Crippen LogP contribution in [0.15, 0.2) is 54.7 Å². The molecule has 5 nitrogen and oxygen atoms in total. The van der Waals surface area contributed by atoms with Gasteiger partial charge < -0.3 is 9.64 Å². The molecule has 0 N–H and O–H groups in total. The summed E-state index contributed by atoms with van der Waals surface area (Å²) in [6.45, 7) is 3.67. The van der Waals surface area contributed by atoms with Crippen molar-refractivity contribution in [3.8, 4) is 17.0 Å². The van der Waals surface area contributed by atoms with Crippen molar-refractivity contribution in [2.75, 3.05) is 13.1 Å². The second kappa shape index (κ2) is 7.74. The molecule has 138 valence electrons. The maximum Gasteiger partial charge on any atom is 0.263 e. The van der Waals surface area contributed by atoms with E-state index in [2.05, 4.69) is 9.97 Å². The molecule has 27 heavy (non-hydrogen) atoms. The standard InChI is InChI=1S/C22H23N3O2/c1-2-21(22(26)25-13-5-6-14-25)27-17-11-9-16(10-12-17)20-15-23-18-7-3-4-8-19(18)24-20/h3-4,7-12,15,21H,2,5-6,13-14H2,1H3. The molecule has 0 radical (unpaired) electrons. The number of rotatable bonds is 5.